The summed E-state index contributed by atoms with van der Waals surface area (Å²) < 4.78 is 19.0. The number of ether oxygens (including phenoxy) is 3. The van der Waals surface area contributed by atoms with Gasteiger partial charge in [0.25, 0.3) is 11.5 Å². The molecule has 0 spiro atoms. The number of hydrogen-bond donors (Lipinski definition) is 0. The van der Waals surface area contributed by atoms with Crippen molar-refractivity contribution in [2.24, 2.45) is 0 Å². The lowest BCUT2D eigenvalue weighted by molar-refractivity contribution is -0.0670. The van der Waals surface area contributed by atoms with E-state index >= 15 is 0 Å². The Morgan fingerprint density at radius 1 is 1.05 bits per heavy atom. The van der Waals surface area contributed by atoms with E-state index in [1.54, 1.807) is 48.5 Å². The average molecular weight is 504 g/mol. The number of aromatic nitrogens is 2. The smallest absolute Gasteiger partial charge is 0.340 e. The van der Waals surface area contributed by atoms with E-state index in [0.717, 1.165) is 0 Å². The highest BCUT2D eigenvalue weighted by Gasteiger charge is 2.39. The van der Waals surface area contributed by atoms with E-state index in [1.165, 1.54) is 29.8 Å². The van der Waals surface area contributed by atoms with Crippen molar-refractivity contribution in [1.29, 1.82) is 5.26 Å². The normalized spacial score (nSPS) is 18.8. The summed E-state index contributed by atoms with van der Waals surface area (Å²) in [4.78, 5) is 51.5. The number of nitrogens with zero attached hydrogens (tertiary/aromatic N) is 3. The third-order valence-electron chi connectivity index (χ3n) is 5.93. The molecule has 1 aliphatic heterocycles. The fraction of sp³-hybridized carbons (Fsp3) is 0.296. The Hall–Kier alpha value is -4.33. The van der Waals surface area contributed by atoms with Crippen LogP contribution in [0.15, 0.2) is 76.4 Å². The molecule has 3 atom stereocenters. The van der Waals surface area contributed by atoms with Gasteiger partial charge in [-0.3, -0.25) is 14.2 Å². The van der Waals surface area contributed by atoms with Gasteiger partial charge in [0.2, 0.25) is 0 Å². The number of nitriles is 1. The van der Waals surface area contributed by atoms with Crippen LogP contribution < -0.4 is 11.2 Å². The van der Waals surface area contributed by atoms with Crippen LogP contribution in [0.3, 0.4) is 0 Å². The lowest BCUT2D eigenvalue weighted by atomic mass is 10.1. The Kier molecular flexibility index (Phi) is 8.08. The molecule has 0 radical (unpaired) electrons. The van der Waals surface area contributed by atoms with Crippen LogP contribution in [0, 0.1) is 18.3 Å². The Bertz CT molecular complexity index is 1420. The third-order valence-corrected chi connectivity index (χ3v) is 5.93. The van der Waals surface area contributed by atoms with Gasteiger partial charge in [0, 0.05) is 23.7 Å². The predicted octanol–water partition coefficient (Wildman–Crippen LogP) is 2.45. The monoisotopic (exact) mass is 503 g/mol. The zero-order valence-corrected chi connectivity index (χ0v) is 20.1. The lowest BCUT2D eigenvalue weighted by Crippen LogP contribution is -2.45. The number of esters is 1. The van der Waals surface area contributed by atoms with Crippen molar-refractivity contribution in [3.05, 3.63) is 104 Å². The molecule has 3 aromatic rings. The number of benzene rings is 2. The van der Waals surface area contributed by atoms with Crippen LogP contribution in [-0.2, 0) is 14.2 Å². The van der Waals surface area contributed by atoms with Gasteiger partial charge in [-0.05, 0) is 31.2 Å². The molecule has 0 unspecified atom stereocenters. The van der Waals surface area contributed by atoms with Gasteiger partial charge in [0.05, 0.1) is 30.8 Å². The van der Waals surface area contributed by atoms with Gasteiger partial charge in [-0.1, -0.05) is 36.4 Å². The molecule has 4 rings (SSSR count). The summed E-state index contributed by atoms with van der Waals surface area (Å²) in [6.07, 6.45) is -0.569. The second-order valence-corrected chi connectivity index (χ2v) is 8.46. The van der Waals surface area contributed by atoms with Gasteiger partial charge in [0.15, 0.2) is 0 Å². The van der Waals surface area contributed by atoms with Crippen molar-refractivity contribution in [2.45, 2.75) is 38.2 Å². The highest BCUT2D eigenvalue weighted by molar-refractivity contribution is 5.95. The van der Waals surface area contributed by atoms with Gasteiger partial charge in [-0.2, -0.15) is 9.83 Å². The Labute approximate surface area is 212 Å². The van der Waals surface area contributed by atoms with E-state index in [-0.39, 0.29) is 37.2 Å². The van der Waals surface area contributed by atoms with Gasteiger partial charge in [0.1, 0.15) is 18.9 Å². The molecule has 10 heteroatoms. The lowest BCUT2D eigenvalue weighted by Gasteiger charge is -2.19. The van der Waals surface area contributed by atoms with Crippen LogP contribution in [0.4, 0.5) is 0 Å². The molecule has 0 bridgehead atoms. The fourth-order valence-corrected chi connectivity index (χ4v) is 4.06. The maximum Gasteiger partial charge on any atom is 0.340 e. The van der Waals surface area contributed by atoms with Crippen LogP contribution in [0.5, 0.6) is 0 Å². The summed E-state index contributed by atoms with van der Waals surface area (Å²) in [5.41, 5.74) is -0.837. The van der Waals surface area contributed by atoms with Gasteiger partial charge < -0.3 is 14.2 Å². The third kappa shape index (κ3) is 5.74. The van der Waals surface area contributed by atoms with Crippen LogP contribution in [-0.4, -0.2) is 46.4 Å². The van der Waals surface area contributed by atoms with Crippen molar-refractivity contribution in [3.8, 4) is 6.07 Å². The molecule has 2 aromatic carbocycles. The fourth-order valence-electron chi connectivity index (χ4n) is 4.06. The second-order valence-electron chi connectivity index (χ2n) is 8.46. The molecule has 190 valence electrons. The first kappa shape index (κ1) is 25.8. The van der Waals surface area contributed by atoms with Crippen molar-refractivity contribution in [2.75, 3.05) is 13.2 Å². The quantitative estimate of drug-likeness (QED) is 0.339. The molecule has 1 fully saturated rings. The molecule has 37 heavy (non-hydrogen) atoms. The number of aryl methyl sites for hydroxylation is 1. The largest absolute Gasteiger partial charge is 0.459 e. The molecule has 0 amide bonds. The maximum atomic E-state index is 13.3. The molecule has 1 aliphatic rings. The average Bonchev–Trinajstić information content (AvgIpc) is 3.33. The molecule has 10 nitrogen and oxygen atoms in total. The second kappa shape index (κ2) is 11.6. The topological polar surface area (TPSA) is 130 Å². The molecule has 1 saturated heterocycles. The minimum absolute atomic E-state index is 0.125. The summed E-state index contributed by atoms with van der Waals surface area (Å²) >= 11 is 0. The van der Waals surface area contributed by atoms with E-state index in [4.69, 9.17) is 19.5 Å². The highest BCUT2D eigenvalue weighted by atomic mass is 16.6. The zero-order chi connectivity index (χ0) is 26.4. The van der Waals surface area contributed by atoms with Gasteiger partial charge in [-0.15, -0.1) is 0 Å². The van der Waals surface area contributed by atoms with Crippen molar-refractivity contribution in [1.82, 2.24) is 9.13 Å². The molecule has 0 saturated carbocycles. The molecule has 2 heterocycles. The summed E-state index contributed by atoms with van der Waals surface area (Å²) in [5, 5.41) is 8.87. The van der Waals surface area contributed by atoms with E-state index in [2.05, 4.69) is 0 Å². The van der Waals surface area contributed by atoms with Crippen LogP contribution >= 0.6 is 0 Å². The van der Waals surface area contributed by atoms with E-state index in [1.807, 2.05) is 6.07 Å². The molecule has 1 aromatic heterocycles. The van der Waals surface area contributed by atoms with E-state index < -0.39 is 41.6 Å². The van der Waals surface area contributed by atoms with Crippen LogP contribution in [0.25, 0.3) is 0 Å². The first-order chi connectivity index (χ1) is 17.9. The molecule has 0 aliphatic carbocycles. The predicted molar refractivity (Wildman–Crippen MR) is 131 cm³/mol. The minimum atomic E-state index is -0.894. The Morgan fingerprint density at radius 3 is 2.35 bits per heavy atom. The standard InChI is InChI=1S/C27H25N3O7/c1-18-16-29(27(34)30(24(18)31)25(32)19-9-4-2-5-10-19)23-15-21(35-14-8-13-28)22(37-23)17-36-26(33)20-11-6-3-7-12-20/h2-7,9-12,16,21-23H,8,14-15,17H2,1H3/t21-,22+,23+/m0/s1. The van der Waals surface area contributed by atoms with Crippen molar-refractivity contribution >= 4 is 11.9 Å². The molecule has 0 N–H and O–H groups in total. The first-order valence-corrected chi connectivity index (χ1v) is 11.7. The van der Waals surface area contributed by atoms with E-state index in [0.29, 0.717) is 10.1 Å². The number of carbonyl (C=O) groups excluding carboxylic acids is 2. The summed E-state index contributed by atoms with van der Waals surface area (Å²) in [7, 11) is 0. The van der Waals surface area contributed by atoms with E-state index in [9.17, 15) is 19.2 Å². The summed E-state index contributed by atoms with van der Waals surface area (Å²) in [5.74, 6) is -1.29. The van der Waals surface area contributed by atoms with Crippen molar-refractivity contribution in [3.63, 3.8) is 0 Å². The first-order valence-electron chi connectivity index (χ1n) is 11.7. The van der Waals surface area contributed by atoms with Crippen LogP contribution in [0.2, 0.25) is 0 Å². The SMILES string of the molecule is Cc1cn([C@H]2C[C@H](OCCC#N)[C@@H](COC(=O)c3ccccc3)O2)c(=O)n(C(=O)c2ccccc2)c1=O. The minimum Gasteiger partial charge on any atom is -0.459 e. The number of hydrogen-bond acceptors (Lipinski definition) is 8. The van der Waals surface area contributed by atoms with Crippen LogP contribution in [0.1, 0.15) is 45.3 Å². The molecular weight excluding hydrogens is 478 g/mol. The van der Waals surface area contributed by atoms with Gasteiger partial charge in [-0.25, -0.2) is 9.59 Å². The Morgan fingerprint density at radius 2 is 1.70 bits per heavy atom. The number of carbonyl (C=O) groups is 2. The Balaban J connectivity index is 1.60. The summed E-state index contributed by atoms with van der Waals surface area (Å²) in [6, 6.07) is 18.5. The maximum absolute atomic E-state index is 13.3. The zero-order valence-electron chi connectivity index (χ0n) is 20.1. The van der Waals surface area contributed by atoms with Gasteiger partial charge >= 0.3 is 11.7 Å². The molecular formula is C27H25N3O7. The highest BCUT2D eigenvalue weighted by Crippen LogP contribution is 2.30. The van der Waals surface area contributed by atoms with Crippen molar-refractivity contribution < 1.29 is 23.8 Å². The summed E-state index contributed by atoms with van der Waals surface area (Å²) in [6.45, 7) is 1.47. The number of rotatable bonds is 8.